The van der Waals surface area contributed by atoms with Crippen LogP contribution in [0.5, 0.6) is 0 Å². The fourth-order valence-corrected chi connectivity index (χ4v) is 2.37. The Morgan fingerprint density at radius 2 is 1.92 bits per heavy atom. The molecule has 1 heterocycles. The maximum Gasteiger partial charge on any atom is 0.321 e. The van der Waals surface area contributed by atoms with E-state index < -0.39 is 5.97 Å². The molecule has 0 amide bonds. The first kappa shape index (κ1) is 9.00. The molecule has 1 aliphatic carbocycles. The van der Waals surface area contributed by atoms with Gasteiger partial charge in [0.2, 0.25) is 0 Å². The molecule has 1 spiro atoms. The molecular formula is C10H17NO2. The Hall–Kier alpha value is -0.570. The van der Waals surface area contributed by atoms with Crippen molar-refractivity contribution in [3.05, 3.63) is 0 Å². The van der Waals surface area contributed by atoms with Crippen LogP contribution < -0.4 is 0 Å². The van der Waals surface area contributed by atoms with Crippen molar-refractivity contribution >= 4 is 5.97 Å². The van der Waals surface area contributed by atoms with Gasteiger partial charge in [-0.1, -0.05) is 13.8 Å². The predicted molar refractivity (Wildman–Crippen MR) is 49.5 cm³/mol. The molecule has 3 heteroatoms. The summed E-state index contributed by atoms with van der Waals surface area (Å²) < 4.78 is 0. The first-order chi connectivity index (χ1) is 6.04. The lowest BCUT2D eigenvalue weighted by Crippen LogP contribution is -2.57. The molecule has 0 radical (unpaired) electrons. The molecule has 1 saturated carbocycles. The minimum atomic E-state index is -0.662. The van der Waals surface area contributed by atoms with Gasteiger partial charge in [-0.2, -0.15) is 0 Å². The number of carboxylic acids is 1. The lowest BCUT2D eigenvalue weighted by Gasteiger charge is -2.44. The normalized spacial score (nSPS) is 27.3. The fourth-order valence-electron chi connectivity index (χ4n) is 2.37. The molecule has 3 nitrogen and oxygen atoms in total. The Kier molecular flexibility index (Phi) is 1.88. The lowest BCUT2D eigenvalue weighted by molar-refractivity contribution is -0.149. The third-order valence-electron chi connectivity index (χ3n) is 3.31. The zero-order valence-electron chi connectivity index (χ0n) is 8.29. The average molecular weight is 183 g/mol. The molecule has 1 unspecified atom stereocenters. The first-order valence-electron chi connectivity index (χ1n) is 5.01. The Labute approximate surface area is 78.7 Å². The van der Waals surface area contributed by atoms with Crippen LogP contribution in [0.3, 0.4) is 0 Å². The van der Waals surface area contributed by atoms with Gasteiger partial charge in [0.25, 0.3) is 0 Å². The van der Waals surface area contributed by atoms with Gasteiger partial charge in [0, 0.05) is 13.1 Å². The Bertz CT molecular complexity index is 225. The van der Waals surface area contributed by atoms with E-state index in [9.17, 15) is 4.79 Å². The van der Waals surface area contributed by atoms with Gasteiger partial charge in [-0.25, -0.2) is 0 Å². The summed E-state index contributed by atoms with van der Waals surface area (Å²) in [4.78, 5) is 13.1. The molecule has 2 aliphatic rings. The minimum Gasteiger partial charge on any atom is -0.480 e. The standard InChI is InChI=1S/C10H17NO2/c1-7(2)8(9(12)13)11-5-10(6-11)3-4-10/h7-8H,3-6H2,1-2H3,(H,12,13). The molecule has 0 aromatic heterocycles. The largest absolute Gasteiger partial charge is 0.480 e. The number of hydrogen-bond acceptors (Lipinski definition) is 2. The van der Waals surface area contributed by atoms with E-state index in [1.165, 1.54) is 12.8 Å². The van der Waals surface area contributed by atoms with Crippen LogP contribution in [0.4, 0.5) is 0 Å². The highest BCUT2D eigenvalue weighted by molar-refractivity contribution is 5.74. The first-order valence-corrected chi connectivity index (χ1v) is 5.01. The van der Waals surface area contributed by atoms with Gasteiger partial charge in [0.05, 0.1) is 0 Å². The van der Waals surface area contributed by atoms with E-state index in [0.717, 1.165) is 13.1 Å². The molecule has 0 aromatic rings. The summed E-state index contributed by atoms with van der Waals surface area (Å²) in [5.74, 6) is -0.445. The second kappa shape index (κ2) is 2.71. The third kappa shape index (κ3) is 1.46. The number of carbonyl (C=O) groups is 1. The van der Waals surface area contributed by atoms with Crippen molar-refractivity contribution < 1.29 is 9.90 Å². The van der Waals surface area contributed by atoms with Crippen molar-refractivity contribution in [3.8, 4) is 0 Å². The molecule has 1 aliphatic heterocycles. The molecule has 1 atom stereocenters. The Morgan fingerprint density at radius 1 is 1.38 bits per heavy atom. The lowest BCUT2D eigenvalue weighted by atomic mass is 9.90. The van der Waals surface area contributed by atoms with E-state index in [0.29, 0.717) is 5.41 Å². The molecule has 0 aromatic carbocycles. The summed E-state index contributed by atoms with van der Waals surface area (Å²) in [6.45, 7) is 6.00. The highest BCUT2D eigenvalue weighted by Crippen LogP contribution is 2.53. The quantitative estimate of drug-likeness (QED) is 0.714. The summed E-state index contributed by atoms with van der Waals surface area (Å²) in [5.41, 5.74) is 0.558. The number of hydrogen-bond donors (Lipinski definition) is 1. The van der Waals surface area contributed by atoms with E-state index in [2.05, 4.69) is 4.90 Å². The Balaban J connectivity index is 1.93. The van der Waals surface area contributed by atoms with Crippen LogP contribution in [0.25, 0.3) is 0 Å². The molecule has 2 fully saturated rings. The molecule has 2 rings (SSSR count). The maximum atomic E-state index is 11.0. The molecule has 1 N–H and O–H groups in total. The molecular weight excluding hydrogens is 166 g/mol. The molecule has 1 saturated heterocycles. The van der Waals surface area contributed by atoms with Crippen molar-refractivity contribution in [1.82, 2.24) is 4.90 Å². The second-order valence-corrected chi connectivity index (χ2v) is 4.93. The summed E-state index contributed by atoms with van der Waals surface area (Å²) in [5, 5.41) is 9.03. The van der Waals surface area contributed by atoms with Crippen LogP contribution in [0.15, 0.2) is 0 Å². The van der Waals surface area contributed by atoms with E-state index in [-0.39, 0.29) is 12.0 Å². The zero-order chi connectivity index (χ0) is 9.64. The number of rotatable bonds is 3. The zero-order valence-corrected chi connectivity index (χ0v) is 8.29. The van der Waals surface area contributed by atoms with Crippen LogP contribution in [0.1, 0.15) is 26.7 Å². The summed E-state index contributed by atoms with van der Waals surface area (Å²) >= 11 is 0. The van der Waals surface area contributed by atoms with Crippen LogP contribution in [0, 0.1) is 11.3 Å². The van der Waals surface area contributed by atoms with E-state index in [1.54, 1.807) is 0 Å². The van der Waals surface area contributed by atoms with Gasteiger partial charge in [-0.3, -0.25) is 9.69 Å². The van der Waals surface area contributed by atoms with Crippen molar-refractivity contribution in [2.24, 2.45) is 11.3 Å². The van der Waals surface area contributed by atoms with Gasteiger partial charge < -0.3 is 5.11 Å². The number of nitrogens with zero attached hydrogens (tertiary/aromatic N) is 1. The van der Waals surface area contributed by atoms with Gasteiger partial charge in [0.15, 0.2) is 0 Å². The monoisotopic (exact) mass is 183 g/mol. The van der Waals surface area contributed by atoms with Crippen LogP contribution >= 0.6 is 0 Å². The number of likely N-dealkylation sites (tertiary alicyclic amines) is 1. The minimum absolute atomic E-state index is 0.216. The van der Waals surface area contributed by atoms with Gasteiger partial charge >= 0.3 is 5.97 Å². The van der Waals surface area contributed by atoms with Crippen molar-refractivity contribution in [1.29, 1.82) is 0 Å². The smallest absolute Gasteiger partial charge is 0.321 e. The Morgan fingerprint density at radius 3 is 2.23 bits per heavy atom. The highest BCUT2D eigenvalue weighted by Gasteiger charge is 2.55. The molecule has 74 valence electrons. The van der Waals surface area contributed by atoms with E-state index in [4.69, 9.17) is 5.11 Å². The van der Waals surface area contributed by atoms with Crippen LogP contribution in [-0.2, 0) is 4.79 Å². The average Bonchev–Trinajstić information content (AvgIpc) is 2.63. The summed E-state index contributed by atoms with van der Waals surface area (Å²) in [6.07, 6.45) is 2.63. The number of carboxylic acid groups (broad SMARTS) is 1. The van der Waals surface area contributed by atoms with E-state index >= 15 is 0 Å². The number of aliphatic carboxylic acids is 1. The highest BCUT2D eigenvalue weighted by atomic mass is 16.4. The van der Waals surface area contributed by atoms with Gasteiger partial charge in [-0.05, 0) is 24.2 Å². The topological polar surface area (TPSA) is 40.5 Å². The maximum absolute atomic E-state index is 11.0. The summed E-state index contributed by atoms with van der Waals surface area (Å²) in [7, 11) is 0. The van der Waals surface area contributed by atoms with E-state index in [1.807, 2.05) is 13.8 Å². The molecule has 0 bridgehead atoms. The van der Waals surface area contributed by atoms with Gasteiger partial charge in [-0.15, -0.1) is 0 Å². The van der Waals surface area contributed by atoms with Crippen LogP contribution in [0.2, 0.25) is 0 Å². The second-order valence-electron chi connectivity index (χ2n) is 4.93. The predicted octanol–water partition coefficient (Wildman–Crippen LogP) is 1.19. The van der Waals surface area contributed by atoms with Crippen molar-refractivity contribution in [2.45, 2.75) is 32.7 Å². The van der Waals surface area contributed by atoms with Crippen LogP contribution in [-0.4, -0.2) is 35.1 Å². The third-order valence-corrected chi connectivity index (χ3v) is 3.31. The van der Waals surface area contributed by atoms with Crippen molar-refractivity contribution in [3.63, 3.8) is 0 Å². The fraction of sp³-hybridized carbons (Fsp3) is 0.900. The SMILES string of the molecule is CC(C)C(C(=O)O)N1CC2(CC2)C1. The van der Waals surface area contributed by atoms with Gasteiger partial charge in [0.1, 0.15) is 6.04 Å². The van der Waals surface area contributed by atoms with Crippen molar-refractivity contribution in [2.75, 3.05) is 13.1 Å². The summed E-state index contributed by atoms with van der Waals surface area (Å²) in [6, 6.07) is -0.258. The molecule has 13 heavy (non-hydrogen) atoms.